The van der Waals surface area contributed by atoms with Gasteiger partial charge in [0, 0.05) is 16.7 Å². The van der Waals surface area contributed by atoms with Crippen molar-refractivity contribution < 1.29 is 28.5 Å². The highest BCUT2D eigenvalue weighted by molar-refractivity contribution is 6.01. The van der Waals surface area contributed by atoms with Crippen LogP contribution in [0.2, 0.25) is 0 Å². The maximum atomic E-state index is 14.3. The number of ether oxygens (including phenoxy) is 1. The monoisotopic (exact) mass is 404 g/mol. The van der Waals surface area contributed by atoms with E-state index in [2.05, 4.69) is 0 Å². The predicted molar refractivity (Wildman–Crippen MR) is 105 cm³/mol. The van der Waals surface area contributed by atoms with Gasteiger partial charge in [-0.05, 0) is 47.2 Å². The molecule has 30 heavy (non-hydrogen) atoms. The van der Waals surface area contributed by atoms with E-state index in [1.807, 2.05) is 24.3 Å². The van der Waals surface area contributed by atoms with Crippen molar-refractivity contribution in [1.29, 1.82) is 0 Å². The van der Waals surface area contributed by atoms with Crippen molar-refractivity contribution in [3.05, 3.63) is 107 Å². The van der Waals surface area contributed by atoms with Crippen LogP contribution in [0.5, 0.6) is 11.5 Å². The molecule has 148 valence electrons. The SMILES string of the molecule is O=C1OC(c2ccc(O)c(F)c2)(c2ccc(O)c(F)c2)c2cc3ccccc3cc21. The predicted octanol–water partition coefficient (Wildman–Crippen LogP) is 4.99. The van der Waals surface area contributed by atoms with Gasteiger partial charge in [-0.3, -0.25) is 0 Å². The summed E-state index contributed by atoms with van der Waals surface area (Å²) in [4.78, 5) is 12.9. The molecule has 0 spiro atoms. The van der Waals surface area contributed by atoms with E-state index >= 15 is 0 Å². The lowest BCUT2D eigenvalue weighted by Gasteiger charge is -2.30. The van der Waals surface area contributed by atoms with Crippen LogP contribution in [0, 0.1) is 11.6 Å². The highest BCUT2D eigenvalue weighted by Crippen LogP contribution is 2.49. The lowest BCUT2D eigenvalue weighted by atomic mass is 9.79. The Kier molecular flexibility index (Phi) is 3.80. The molecule has 4 aromatic carbocycles. The first-order valence-electron chi connectivity index (χ1n) is 9.15. The summed E-state index contributed by atoms with van der Waals surface area (Å²) in [6, 6.07) is 18.1. The minimum Gasteiger partial charge on any atom is -0.505 e. The zero-order valence-corrected chi connectivity index (χ0v) is 15.4. The van der Waals surface area contributed by atoms with Crippen LogP contribution in [0.4, 0.5) is 8.78 Å². The summed E-state index contributed by atoms with van der Waals surface area (Å²) < 4.78 is 34.4. The van der Waals surface area contributed by atoms with Gasteiger partial charge in [-0.1, -0.05) is 36.4 Å². The maximum Gasteiger partial charge on any atom is 0.340 e. The van der Waals surface area contributed by atoms with E-state index in [0.717, 1.165) is 35.0 Å². The molecule has 4 aromatic rings. The molecule has 2 N–H and O–H groups in total. The number of carbonyl (C=O) groups is 1. The summed E-state index contributed by atoms with van der Waals surface area (Å²) in [6.45, 7) is 0. The van der Waals surface area contributed by atoms with Crippen molar-refractivity contribution >= 4 is 16.7 Å². The van der Waals surface area contributed by atoms with Gasteiger partial charge in [0.1, 0.15) is 0 Å². The summed E-state index contributed by atoms with van der Waals surface area (Å²) in [5, 5.41) is 20.9. The lowest BCUT2D eigenvalue weighted by Crippen LogP contribution is -2.29. The van der Waals surface area contributed by atoms with Gasteiger partial charge in [0.2, 0.25) is 0 Å². The smallest absolute Gasteiger partial charge is 0.340 e. The summed E-state index contributed by atoms with van der Waals surface area (Å²) in [7, 11) is 0. The molecule has 0 unspecified atom stereocenters. The lowest BCUT2D eigenvalue weighted by molar-refractivity contribution is 0.0249. The van der Waals surface area contributed by atoms with E-state index in [1.165, 1.54) is 12.1 Å². The number of fused-ring (bicyclic) bond motifs is 2. The van der Waals surface area contributed by atoms with Gasteiger partial charge >= 0.3 is 5.97 Å². The van der Waals surface area contributed by atoms with Gasteiger partial charge in [0.15, 0.2) is 28.7 Å². The van der Waals surface area contributed by atoms with E-state index in [-0.39, 0.29) is 16.7 Å². The van der Waals surface area contributed by atoms with Gasteiger partial charge in [-0.25, -0.2) is 13.6 Å². The Balaban J connectivity index is 1.89. The topological polar surface area (TPSA) is 66.8 Å². The number of esters is 1. The molecule has 0 aliphatic carbocycles. The van der Waals surface area contributed by atoms with Crippen molar-refractivity contribution in [1.82, 2.24) is 0 Å². The number of phenols is 2. The molecule has 0 atom stereocenters. The molecule has 0 radical (unpaired) electrons. The fourth-order valence-electron chi connectivity index (χ4n) is 4.00. The van der Waals surface area contributed by atoms with Crippen LogP contribution < -0.4 is 0 Å². The molecule has 0 fully saturated rings. The Morgan fingerprint density at radius 1 is 0.733 bits per heavy atom. The number of hydrogen-bond donors (Lipinski definition) is 2. The van der Waals surface area contributed by atoms with Crippen LogP contribution in [-0.2, 0) is 10.3 Å². The number of rotatable bonds is 2. The Hall–Kier alpha value is -3.93. The highest BCUT2D eigenvalue weighted by atomic mass is 19.1. The van der Waals surface area contributed by atoms with Crippen molar-refractivity contribution in [3.8, 4) is 11.5 Å². The molecule has 1 heterocycles. The molecule has 0 saturated heterocycles. The average Bonchev–Trinajstić information content (AvgIpc) is 3.03. The maximum absolute atomic E-state index is 14.3. The van der Waals surface area contributed by atoms with Crippen molar-refractivity contribution in [2.75, 3.05) is 0 Å². The fraction of sp³-hybridized carbons (Fsp3) is 0.0417. The van der Waals surface area contributed by atoms with E-state index in [9.17, 15) is 23.8 Å². The van der Waals surface area contributed by atoms with E-state index in [4.69, 9.17) is 4.74 Å². The normalized spacial score (nSPS) is 14.5. The van der Waals surface area contributed by atoms with Crippen molar-refractivity contribution in [3.63, 3.8) is 0 Å². The Morgan fingerprint density at radius 2 is 1.27 bits per heavy atom. The third-order valence-corrected chi connectivity index (χ3v) is 5.44. The first-order valence-corrected chi connectivity index (χ1v) is 9.15. The number of hydrogen-bond acceptors (Lipinski definition) is 4. The second-order valence-corrected chi connectivity index (χ2v) is 7.15. The molecule has 0 saturated carbocycles. The Bertz CT molecular complexity index is 1300. The number of halogens is 2. The second kappa shape index (κ2) is 6.29. The number of benzene rings is 4. The third-order valence-electron chi connectivity index (χ3n) is 5.44. The Labute approximate surface area is 169 Å². The molecule has 0 aromatic heterocycles. The quantitative estimate of drug-likeness (QED) is 0.462. The Morgan fingerprint density at radius 3 is 1.80 bits per heavy atom. The fourth-order valence-corrected chi connectivity index (χ4v) is 4.00. The minimum atomic E-state index is -1.65. The number of cyclic esters (lactones) is 1. The average molecular weight is 404 g/mol. The van der Waals surface area contributed by atoms with Gasteiger partial charge in [-0.15, -0.1) is 0 Å². The summed E-state index contributed by atoms with van der Waals surface area (Å²) >= 11 is 0. The molecule has 1 aliphatic rings. The third kappa shape index (κ3) is 2.47. The minimum absolute atomic E-state index is 0.199. The molecular weight excluding hydrogens is 390 g/mol. The zero-order valence-electron chi connectivity index (χ0n) is 15.4. The van der Waals surface area contributed by atoms with Crippen LogP contribution >= 0.6 is 0 Å². The second-order valence-electron chi connectivity index (χ2n) is 7.15. The van der Waals surface area contributed by atoms with Gasteiger partial charge < -0.3 is 14.9 Å². The molecule has 0 bridgehead atoms. The zero-order chi connectivity index (χ0) is 21.0. The summed E-state index contributed by atoms with van der Waals surface area (Å²) in [5.41, 5.74) is -0.563. The van der Waals surface area contributed by atoms with Crippen LogP contribution in [0.25, 0.3) is 10.8 Å². The molecule has 1 aliphatic heterocycles. The molecule has 5 rings (SSSR count). The highest BCUT2D eigenvalue weighted by Gasteiger charge is 2.49. The van der Waals surface area contributed by atoms with E-state index in [1.54, 1.807) is 12.1 Å². The van der Waals surface area contributed by atoms with E-state index < -0.39 is 34.7 Å². The van der Waals surface area contributed by atoms with E-state index in [0.29, 0.717) is 5.56 Å². The van der Waals surface area contributed by atoms with Crippen LogP contribution in [-0.4, -0.2) is 16.2 Å². The van der Waals surface area contributed by atoms with Crippen LogP contribution in [0.1, 0.15) is 27.0 Å². The van der Waals surface area contributed by atoms with Crippen LogP contribution in [0.3, 0.4) is 0 Å². The van der Waals surface area contributed by atoms with Gasteiger partial charge in [0.25, 0.3) is 0 Å². The first-order chi connectivity index (χ1) is 14.4. The molecule has 0 amide bonds. The number of carbonyl (C=O) groups excluding carboxylic acids is 1. The number of phenolic OH excluding ortho intramolecular Hbond substituents is 2. The van der Waals surface area contributed by atoms with Crippen LogP contribution in [0.15, 0.2) is 72.8 Å². The molecular formula is C24H14F2O4. The van der Waals surface area contributed by atoms with Crippen molar-refractivity contribution in [2.24, 2.45) is 0 Å². The largest absolute Gasteiger partial charge is 0.505 e. The summed E-state index contributed by atoms with van der Waals surface area (Å²) in [5.74, 6) is -3.58. The molecule has 4 nitrogen and oxygen atoms in total. The summed E-state index contributed by atoms with van der Waals surface area (Å²) in [6.07, 6.45) is 0. The number of aromatic hydroxyl groups is 2. The van der Waals surface area contributed by atoms with Gasteiger partial charge in [-0.2, -0.15) is 0 Å². The van der Waals surface area contributed by atoms with Crippen molar-refractivity contribution in [2.45, 2.75) is 5.60 Å². The first kappa shape index (κ1) is 18.1. The molecule has 6 heteroatoms. The standard InChI is InChI=1S/C24H14F2O4/c25-19-11-15(5-7-21(19)27)24(16-6-8-22(28)20(26)12-16)18-10-14-4-2-1-3-13(14)9-17(18)23(29)30-24/h1-12,27-28H. The van der Waals surface area contributed by atoms with Gasteiger partial charge in [0.05, 0.1) is 5.56 Å².